The van der Waals surface area contributed by atoms with Gasteiger partial charge in [-0.2, -0.15) is 0 Å². The molecule has 2 aliphatic rings. The minimum Gasteiger partial charge on any atom is -0.394 e. The van der Waals surface area contributed by atoms with Crippen LogP contribution in [0.4, 0.5) is 17.3 Å². The molecular weight excluding hydrogens is 262 g/mol. The summed E-state index contributed by atoms with van der Waals surface area (Å²) in [6, 6.07) is 0. The van der Waals surface area contributed by atoms with E-state index in [1.165, 1.54) is 6.33 Å². The number of nitrogens with two attached hydrogens (primary N) is 1. The van der Waals surface area contributed by atoms with Crippen LogP contribution in [0, 0.1) is 0 Å². The van der Waals surface area contributed by atoms with E-state index in [9.17, 15) is 10.2 Å². The molecule has 8 nitrogen and oxygen atoms in total. The Kier molecular flexibility index (Phi) is 3.36. The van der Waals surface area contributed by atoms with Gasteiger partial charge in [0.25, 0.3) is 0 Å². The van der Waals surface area contributed by atoms with Crippen molar-refractivity contribution in [2.45, 2.75) is 31.8 Å². The fourth-order valence-electron chi connectivity index (χ4n) is 2.78. The lowest BCUT2D eigenvalue weighted by molar-refractivity contribution is -0.0220. The van der Waals surface area contributed by atoms with Crippen LogP contribution >= 0.6 is 0 Å². The van der Waals surface area contributed by atoms with Gasteiger partial charge in [0, 0.05) is 13.0 Å². The van der Waals surface area contributed by atoms with Crippen molar-refractivity contribution in [1.29, 1.82) is 0 Å². The lowest BCUT2D eigenvalue weighted by Crippen LogP contribution is -2.39. The van der Waals surface area contributed by atoms with Crippen molar-refractivity contribution >= 4 is 17.3 Å². The Hall–Kier alpha value is -1.64. The Balaban J connectivity index is 1.89. The fraction of sp³-hybridized carbons (Fsp3) is 0.667. The third kappa shape index (κ3) is 1.96. The number of nitrogen functional groups attached to an aromatic ring is 1. The zero-order chi connectivity index (χ0) is 14.3. The highest BCUT2D eigenvalue weighted by Gasteiger charge is 2.41. The van der Waals surface area contributed by atoms with Crippen LogP contribution in [0.5, 0.6) is 0 Å². The standard InChI is InChI=1S/C12H19N5O3/c1-2-16-6-17(9-3-7(19)8(4-18)20-9)12-10(16)11(13)14-5-15-12/h5,7-9,18-19H,2-4,6H2,1H3,(H2,13,14,15)/t7-,8+,9+/m0/s1. The lowest BCUT2D eigenvalue weighted by Gasteiger charge is -2.25. The summed E-state index contributed by atoms with van der Waals surface area (Å²) in [7, 11) is 0. The average Bonchev–Trinajstić information content (AvgIpc) is 3.00. The van der Waals surface area contributed by atoms with Crippen LogP contribution in [-0.2, 0) is 4.74 Å². The smallest absolute Gasteiger partial charge is 0.161 e. The topological polar surface area (TPSA) is 108 Å². The summed E-state index contributed by atoms with van der Waals surface area (Å²) in [4.78, 5) is 12.3. The number of rotatable bonds is 3. The second-order valence-corrected chi connectivity index (χ2v) is 5.01. The van der Waals surface area contributed by atoms with E-state index in [4.69, 9.17) is 10.5 Å². The molecule has 0 aliphatic carbocycles. The van der Waals surface area contributed by atoms with Gasteiger partial charge >= 0.3 is 0 Å². The van der Waals surface area contributed by atoms with Gasteiger partial charge in [-0.05, 0) is 6.92 Å². The molecule has 3 atom stereocenters. The third-order valence-electron chi connectivity index (χ3n) is 3.86. The zero-order valence-corrected chi connectivity index (χ0v) is 11.3. The average molecular weight is 281 g/mol. The molecule has 3 rings (SSSR count). The first-order valence-corrected chi connectivity index (χ1v) is 6.72. The van der Waals surface area contributed by atoms with E-state index in [1.807, 2.05) is 11.8 Å². The highest BCUT2D eigenvalue weighted by atomic mass is 16.5. The Bertz CT molecular complexity index is 500. The highest BCUT2D eigenvalue weighted by Crippen LogP contribution is 2.40. The minimum atomic E-state index is -0.664. The summed E-state index contributed by atoms with van der Waals surface area (Å²) in [5.41, 5.74) is 6.74. The number of aromatic nitrogens is 2. The predicted molar refractivity (Wildman–Crippen MR) is 73.2 cm³/mol. The predicted octanol–water partition coefficient (Wildman–Crippen LogP) is -0.869. The molecule has 2 aliphatic heterocycles. The number of anilines is 3. The van der Waals surface area contributed by atoms with Crippen LogP contribution in [-0.4, -0.2) is 58.4 Å². The molecular formula is C12H19N5O3. The van der Waals surface area contributed by atoms with E-state index in [2.05, 4.69) is 14.9 Å². The van der Waals surface area contributed by atoms with Crippen LogP contribution in [0.3, 0.4) is 0 Å². The van der Waals surface area contributed by atoms with Gasteiger partial charge < -0.3 is 30.5 Å². The molecule has 4 N–H and O–H groups in total. The third-order valence-corrected chi connectivity index (χ3v) is 3.86. The van der Waals surface area contributed by atoms with Gasteiger partial charge in [-0.25, -0.2) is 9.97 Å². The molecule has 20 heavy (non-hydrogen) atoms. The normalized spacial score (nSPS) is 29.1. The summed E-state index contributed by atoms with van der Waals surface area (Å²) < 4.78 is 5.69. The van der Waals surface area contributed by atoms with Gasteiger partial charge in [0.1, 0.15) is 24.3 Å². The highest BCUT2D eigenvalue weighted by molar-refractivity contribution is 5.81. The van der Waals surface area contributed by atoms with E-state index in [0.717, 1.165) is 18.1 Å². The number of hydrogen-bond acceptors (Lipinski definition) is 8. The molecule has 1 fully saturated rings. The van der Waals surface area contributed by atoms with E-state index < -0.39 is 12.2 Å². The second-order valence-electron chi connectivity index (χ2n) is 5.01. The fourth-order valence-corrected chi connectivity index (χ4v) is 2.78. The van der Waals surface area contributed by atoms with Crippen molar-refractivity contribution in [3.05, 3.63) is 6.33 Å². The molecule has 0 amide bonds. The van der Waals surface area contributed by atoms with E-state index in [-0.39, 0.29) is 12.8 Å². The molecule has 0 aromatic carbocycles. The molecule has 0 saturated carbocycles. The molecule has 8 heteroatoms. The maximum absolute atomic E-state index is 9.86. The van der Waals surface area contributed by atoms with Gasteiger partial charge in [0.2, 0.25) is 0 Å². The van der Waals surface area contributed by atoms with E-state index >= 15 is 0 Å². The molecule has 1 aromatic rings. The Labute approximate surface area is 116 Å². The molecule has 0 bridgehead atoms. The molecule has 110 valence electrons. The molecule has 0 spiro atoms. The second kappa shape index (κ2) is 5.04. The van der Waals surface area contributed by atoms with Crippen molar-refractivity contribution < 1.29 is 14.9 Å². The Morgan fingerprint density at radius 3 is 2.95 bits per heavy atom. The van der Waals surface area contributed by atoms with Crippen molar-refractivity contribution in [2.24, 2.45) is 0 Å². The van der Waals surface area contributed by atoms with E-state index in [1.54, 1.807) is 0 Å². The number of aliphatic hydroxyl groups excluding tert-OH is 2. The van der Waals surface area contributed by atoms with Crippen molar-refractivity contribution in [3.8, 4) is 0 Å². The first-order chi connectivity index (χ1) is 9.65. The summed E-state index contributed by atoms with van der Waals surface area (Å²) in [5.74, 6) is 1.16. The molecule has 0 radical (unpaired) electrons. The lowest BCUT2D eigenvalue weighted by atomic mass is 10.2. The number of nitrogens with zero attached hydrogens (tertiary/aromatic N) is 4. The van der Waals surface area contributed by atoms with Gasteiger partial charge in [0.05, 0.1) is 19.4 Å². The van der Waals surface area contributed by atoms with Crippen LogP contribution in [0.2, 0.25) is 0 Å². The Morgan fingerprint density at radius 1 is 1.50 bits per heavy atom. The number of aliphatic hydroxyl groups is 2. The van der Waals surface area contributed by atoms with Crippen LogP contribution < -0.4 is 15.5 Å². The largest absolute Gasteiger partial charge is 0.394 e. The van der Waals surface area contributed by atoms with E-state index in [0.29, 0.717) is 18.9 Å². The van der Waals surface area contributed by atoms with Gasteiger partial charge in [-0.3, -0.25) is 0 Å². The van der Waals surface area contributed by atoms with Gasteiger partial charge in [-0.15, -0.1) is 0 Å². The van der Waals surface area contributed by atoms with Crippen LogP contribution in [0.1, 0.15) is 13.3 Å². The van der Waals surface area contributed by atoms with Gasteiger partial charge in [-0.1, -0.05) is 0 Å². The molecule has 0 unspecified atom stereocenters. The van der Waals surface area contributed by atoms with Crippen LogP contribution in [0.15, 0.2) is 6.33 Å². The maximum Gasteiger partial charge on any atom is 0.161 e. The minimum absolute atomic E-state index is 0.193. The summed E-state index contributed by atoms with van der Waals surface area (Å²) >= 11 is 0. The Morgan fingerprint density at radius 2 is 2.30 bits per heavy atom. The summed E-state index contributed by atoms with van der Waals surface area (Å²) in [6.45, 7) is 3.20. The van der Waals surface area contributed by atoms with Crippen molar-refractivity contribution in [3.63, 3.8) is 0 Å². The number of hydrogen-bond donors (Lipinski definition) is 3. The van der Waals surface area contributed by atoms with Gasteiger partial charge in [0.15, 0.2) is 11.6 Å². The summed E-state index contributed by atoms with van der Waals surface area (Å²) in [5, 5.41) is 19.0. The number of fused-ring (bicyclic) bond motifs is 1. The van der Waals surface area contributed by atoms with Crippen molar-refractivity contribution in [2.75, 3.05) is 35.4 Å². The SMILES string of the molecule is CCN1CN([C@H]2C[C@H](O)[C@@H](CO)O2)c2ncnc(N)c21. The van der Waals surface area contributed by atoms with Crippen LogP contribution in [0.25, 0.3) is 0 Å². The first-order valence-electron chi connectivity index (χ1n) is 6.72. The monoisotopic (exact) mass is 281 g/mol. The first kappa shape index (κ1) is 13.3. The summed E-state index contributed by atoms with van der Waals surface area (Å²) in [6.07, 6.45) is 0.342. The van der Waals surface area contributed by atoms with Crippen molar-refractivity contribution in [1.82, 2.24) is 9.97 Å². The number of ether oxygens (including phenoxy) is 1. The molecule has 1 saturated heterocycles. The maximum atomic E-state index is 9.86. The molecule has 3 heterocycles. The zero-order valence-electron chi connectivity index (χ0n) is 11.3. The molecule has 1 aromatic heterocycles. The quantitative estimate of drug-likeness (QED) is 0.656.